The number of phenolic OH excluding ortho intramolecular Hbond substituents is 1. The van der Waals surface area contributed by atoms with Crippen molar-refractivity contribution < 1.29 is 19.3 Å². The van der Waals surface area contributed by atoms with E-state index in [1.807, 2.05) is 0 Å². The van der Waals surface area contributed by atoms with Crippen LogP contribution < -0.4 is 19.5 Å². The molecule has 0 aromatic heterocycles. The summed E-state index contributed by atoms with van der Waals surface area (Å²) in [5, 5.41) is 15.1. The molecular weight excluding hydrogens is 306 g/mol. The topological polar surface area (TPSA) is 60.0 Å². The molecule has 22 heavy (non-hydrogen) atoms. The molecule has 0 bridgehead atoms. The standard InChI is InChI=1S/C16H18ClNO4/c1-20-12-4-9-11(19)5-10-13(8(6-17)7-18-10)14(9)16(22-3)15(12)21-2/h4-5,8,18-19H,6-7H2,1-3H3. The van der Waals surface area contributed by atoms with Crippen molar-refractivity contribution >= 4 is 28.1 Å². The van der Waals surface area contributed by atoms with Crippen LogP contribution in [0.1, 0.15) is 11.5 Å². The lowest BCUT2D eigenvalue weighted by Gasteiger charge is -2.19. The summed E-state index contributed by atoms with van der Waals surface area (Å²) in [5.41, 5.74) is 1.92. The second-order valence-corrected chi connectivity index (χ2v) is 5.47. The Morgan fingerprint density at radius 1 is 1.18 bits per heavy atom. The third-order valence-electron chi connectivity index (χ3n) is 4.08. The lowest BCUT2D eigenvalue weighted by molar-refractivity contribution is 0.327. The Labute approximate surface area is 133 Å². The number of benzene rings is 2. The molecule has 1 heterocycles. The van der Waals surface area contributed by atoms with Gasteiger partial charge in [-0.2, -0.15) is 0 Å². The number of ether oxygens (including phenoxy) is 3. The summed E-state index contributed by atoms with van der Waals surface area (Å²) >= 11 is 6.10. The van der Waals surface area contributed by atoms with Gasteiger partial charge in [-0.3, -0.25) is 0 Å². The molecule has 6 heteroatoms. The van der Waals surface area contributed by atoms with E-state index in [0.29, 0.717) is 28.5 Å². The zero-order valence-electron chi connectivity index (χ0n) is 12.7. The van der Waals surface area contributed by atoms with Crippen LogP contribution in [0.15, 0.2) is 12.1 Å². The van der Waals surface area contributed by atoms with E-state index >= 15 is 0 Å². The smallest absolute Gasteiger partial charge is 0.203 e. The zero-order chi connectivity index (χ0) is 15.9. The molecule has 0 saturated heterocycles. The maximum absolute atomic E-state index is 10.4. The summed E-state index contributed by atoms with van der Waals surface area (Å²) in [6.07, 6.45) is 0. The molecule has 0 aliphatic carbocycles. The van der Waals surface area contributed by atoms with E-state index in [-0.39, 0.29) is 11.7 Å². The number of methoxy groups -OCH3 is 3. The van der Waals surface area contributed by atoms with Gasteiger partial charge in [-0.15, -0.1) is 11.6 Å². The van der Waals surface area contributed by atoms with Gasteiger partial charge in [0.25, 0.3) is 0 Å². The highest BCUT2D eigenvalue weighted by Gasteiger charge is 2.29. The van der Waals surface area contributed by atoms with Crippen molar-refractivity contribution in [3.8, 4) is 23.0 Å². The first-order chi connectivity index (χ1) is 10.7. The molecule has 0 fully saturated rings. The normalized spacial score (nSPS) is 16.3. The number of halogens is 1. The van der Waals surface area contributed by atoms with Gasteiger partial charge in [-0.25, -0.2) is 0 Å². The summed E-state index contributed by atoms with van der Waals surface area (Å²) in [5.74, 6) is 2.35. The van der Waals surface area contributed by atoms with Crippen molar-refractivity contribution in [2.75, 3.05) is 39.1 Å². The minimum atomic E-state index is 0.145. The Morgan fingerprint density at radius 2 is 1.91 bits per heavy atom. The van der Waals surface area contributed by atoms with Gasteiger partial charge in [0.15, 0.2) is 11.5 Å². The molecule has 1 aliphatic heterocycles. The van der Waals surface area contributed by atoms with Gasteiger partial charge >= 0.3 is 0 Å². The first kappa shape index (κ1) is 14.9. The van der Waals surface area contributed by atoms with E-state index in [0.717, 1.165) is 23.2 Å². The summed E-state index contributed by atoms with van der Waals surface area (Å²) in [4.78, 5) is 0. The zero-order valence-corrected chi connectivity index (χ0v) is 13.5. The maximum atomic E-state index is 10.4. The Kier molecular flexibility index (Phi) is 3.83. The molecule has 0 amide bonds. The molecule has 2 aromatic rings. The molecule has 2 N–H and O–H groups in total. The Bertz CT molecular complexity index is 732. The van der Waals surface area contributed by atoms with Gasteiger partial charge in [0, 0.05) is 40.9 Å². The van der Waals surface area contributed by atoms with Crippen molar-refractivity contribution in [2.45, 2.75) is 5.92 Å². The van der Waals surface area contributed by atoms with Crippen molar-refractivity contribution in [1.29, 1.82) is 0 Å². The van der Waals surface area contributed by atoms with Crippen LogP contribution in [0.2, 0.25) is 0 Å². The lowest BCUT2D eigenvalue weighted by atomic mass is 9.94. The second kappa shape index (κ2) is 5.65. The summed E-state index contributed by atoms with van der Waals surface area (Å²) in [6, 6.07) is 3.48. The average Bonchev–Trinajstić information content (AvgIpc) is 2.95. The number of fused-ring (bicyclic) bond motifs is 3. The third-order valence-corrected chi connectivity index (χ3v) is 4.45. The minimum Gasteiger partial charge on any atom is -0.507 e. The van der Waals surface area contributed by atoms with E-state index in [9.17, 15) is 5.11 Å². The summed E-state index contributed by atoms with van der Waals surface area (Å²) < 4.78 is 16.4. The number of rotatable bonds is 4. The number of hydrogen-bond donors (Lipinski definition) is 2. The summed E-state index contributed by atoms with van der Waals surface area (Å²) in [6.45, 7) is 0.731. The molecule has 1 atom stereocenters. The molecule has 5 nitrogen and oxygen atoms in total. The molecular formula is C16H18ClNO4. The van der Waals surface area contributed by atoms with E-state index in [4.69, 9.17) is 25.8 Å². The lowest BCUT2D eigenvalue weighted by Crippen LogP contribution is -2.04. The molecule has 3 rings (SSSR count). The van der Waals surface area contributed by atoms with Gasteiger partial charge in [0.2, 0.25) is 5.75 Å². The maximum Gasteiger partial charge on any atom is 0.203 e. The molecule has 118 valence electrons. The average molecular weight is 324 g/mol. The summed E-state index contributed by atoms with van der Waals surface area (Å²) in [7, 11) is 4.69. The first-order valence-corrected chi connectivity index (χ1v) is 7.48. The highest BCUT2D eigenvalue weighted by Crippen LogP contribution is 2.51. The van der Waals surface area contributed by atoms with E-state index in [1.54, 1.807) is 33.5 Å². The quantitative estimate of drug-likeness (QED) is 0.845. The molecule has 1 unspecified atom stereocenters. The van der Waals surface area contributed by atoms with Crippen LogP contribution in [-0.4, -0.2) is 38.9 Å². The third kappa shape index (κ3) is 2.00. The van der Waals surface area contributed by atoms with Crippen LogP contribution in [0.4, 0.5) is 5.69 Å². The van der Waals surface area contributed by atoms with Crippen molar-refractivity contribution in [3.05, 3.63) is 17.7 Å². The number of phenols is 1. The van der Waals surface area contributed by atoms with Crippen LogP contribution in [0, 0.1) is 0 Å². The van der Waals surface area contributed by atoms with E-state index < -0.39 is 0 Å². The Hall–Kier alpha value is -2.01. The Morgan fingerprint density at radius 3 is 2.50 bits per heavy atom. The number of aromatic hydroxyl groups is 1. The molecule has 0 saturated carbocycles. The highest BCUT2D eigenvalue weighted by molar-refractivity contribution is 6.19. The first-order valence-electron chi connectivity index (χ1n) is 6.94. The fraction of sp³-hybridized carbons (Fsp3) is 0.375. The predicted molar refractivity (Wildman–Crippen MR) is 87.2 cm³/mol. The number of hydrogen-bond acceptors (Lipinski definition) is 5. The SMILES string of the molecule is COc1cc2c(O)cc3c(c2c(OC)c1OC)C(CCl)CN3. The number of alkyl halides is 1. The van der Waals surface area contributed by atoms with Gasteiger partial charge in [0.05, 0.1) is 21.3 Å². The number of anilines is 1. The van der Waals surface area contributed by atoms with Crippen molar-refractivity contribution in [3.63, 3.8) is 0 Å². The predicted octanol–water partition coefficient (Wildman–Crippen LogP) is 3.32. The molecule has 0 radical (unpaired) electrons. The van der Waals surface area contributed by atoms with Crippen LogP contribution in [0.5, 0.6) is 23.0 Å². The molecule has 2 aromatic carbocycles. The molecule has 0 spiro atoms. The minimum absolute atomic E-state index is 0.145. The van der Waals surface area contributed by atoms with Crippen LogP contribution >= 0.6 is 11.6 Å². The van der Waals surface area contributed by atoms with Gasteiger partial charge < -0.3 is 24.6 Å². The fourth-order valence-electron chi connectivity index (χ4n) is 3.09. The monoisotopic (exact) mass is 323 g/mol. The van der Waals surface area contributed by atoms with Gasteiger partial charge in [0.1, 0.15) is 5.75 Å². The van der Waals surface area contributed by atoms with E-state index in [1.165, 1.54) is 0 Å². The van der Waals surface area contributed by atoms with Gasteiger partial charge in [-0.1, -0.05) is 0 Å². The van der Waals surface area contributed by atoms with Gasteiger partial charge in [-0.05, 0) is 11.6 Å². The fourth-order valence-corrected chi connectivity index (χ4v) is 3.35. The van der Waals surface area contributed by atoms with Crippen LogP contribution in [-0.2, 0) is 0 Å². The van der Waals surface area contributed by atoms with Crippen molar-refractivity contribution in [1.82, 2.24) is 0 Å². The second-order valence-electron chi connectivity index (χ2n) is 5.16. The number of nitrogens with one attached hydrogen (secondary N) is 1. The highest BCUT2D eigenvalue weighted by atomic mass is 35.5. The van der Waals surface area contributed by atoms with Crippen molar-refractivity contribution in [2.24, 2.45) is 0 Å². The largest absolute Gasteiger partial charge is 0.507 e. The van der Waals surface area contributed by atoms with Crippen LogP contribution in [0.3, 0.4) is 0 Å². The van der Waals surface area contributed by atoms with E-state index in [2.05, 4.69) is 5.32 Å². The Balaban J connectivity index is 2.46. The molecule has 1 aliphatic rings. The van der Waals surface area contributed by atoms with Crippen LogP contribution in [0.25, 0.3) is 10.8 Å².